The highest BCUT2D eigenvalue weighted by atomic mass is 127. The number of nitrogens with zero attached hydrogens (tertiary/aromatic N) is 1. The number of halogens is 1. The smallest absolute Gasteiger partial charge is 0.191 e. The predicted molar refractivity (Wildman–Crippen MR) is 88.6 cm³/mol. The lowest BCUT2D eigenvalue weighted by atomic mass is 9.95. The van der Waals surface area contributed by atoms with Crippen LogP contribution in [0.3, 0.4) is 0 Å². The van der Waals surface area contributed by atoms with Crippen molar-refractivity contribution < 1.29 is 0 Å². The van der Waals surface area contributed by atoms with Gasteiger partial charge in [-0.2, -0.15) is 0 Å². The van der Waals surface area contributed by atoms with Crippen LogP contribution in [0, 0.1) is 11.8 Å². The number of hydrogen-bond donors (Lipinski definition) is 2. The zero-order chi connectivity index (χ0) is 11.9. The Morgan fingerprint density at radius 1 is 1.17 bits per heavy atom. The minimum Gasteiger partial charge on any atom is -0.357 e. The molecule has 2 aliphatic rings. The molecular formula is C14H26IN3. The Bertz CT molecular complexity index is 285. The highest BCUT2D eigenvalue weighted by molar-refractivity contribution is 14.0. The summed E-state index contributed by atoms with van der Waals surface area (Å²) in [6.07, 6.45) is 11.1. The molecule has 1 saturated carbocycles. The van der Waals surface area contributed by atoms with E-state index >= 15 is 0 Å². The third-order valence-corrected chi connectivity index (χ3v) is 3.48. The lowest BCUT2D eigenvalue weighted by Gasteiger charge is -2.17. The van der Waals surface area contributed by atoms with Crippen LogP contribution in [0.4, 0.5) is 0 Å². The van der Waals surface area contributed by atoms with E-state index in [1.807, 2.05) is 0 Å². The van der Waals surface area contributed by atoms with E-state index in [0.717, 1.165) is 37.4 Å². The summed E-state index contributed by atoms with van der Waals surface area (Å²) in [7, 11) is 0. The number of rotatable bonds is 5. The third kappa shape index (κ3) is 6.07. The molecule has 0 bridgehead atoms. The third-order valence-electron chi connectivity index (χ3n) is 3.48. The number of hydrogen-bond acceptors (Lipinski definition) is 1. The van der Waals surface area contributed by atoms with Crippen molar-refractivity contribution in [2.24, 2.45) is 16.8 Å². The fourth-order valence-corrected chi connectivity index (χ4v) is 2.15. The van der Waals surface area contributed by atoms with Crippen LogP contribution in [0.5, 0.6) is 0 Å². The van der Waals surface area contributed by atoms with Crippen LogP contribution in [-0.4, -0.2) is 25.6 Å². The first-order valence-corrected chi connectivity index (χ1v) is 7.05. The maximum atomic E-state index is 4.70. The maximum absolute atomic E-state index is 4.70. The van der Waals surface area contributed by atoms with Crippen LogP contribution >= 0.6 is 24.0 Å². The van der Waals surface area contributed by atoms with Crippen LogP contribution in [0.2, 0.25) is 0 Å². The van der Waals surface area contributed by atoms with E-state index in [-0.39, 0.29) is 24.0 Å². The first-order chi connectivity index (χ1) is 8.38. The van der Waals surface area contributed by atoms with Gasteiger partial charge in [0.2, 0.25) is 0 Å². The van der Waals surface area contributed by atoms with Gasteiger partial charge in [0, 0.05) is 19.6 Å². The van der Waals surface area contributed by atoms with E-state index in [4.69, 9.17) is 4.99 Å². The van der Waals surface area contributed by atoms with Gasteiger partial charge in [-0.05, 0) is 50.9 Å². The van der Waals surface area contributed by atoms with E-state index in [0.29, 0.717) is 0 Å². The van der Waals surface area contributed by atoms with Crippen LogP contribution in [0.1, 0.15) is 39.0 Å². The van der Waals surface area contributed by atoms with Crippen LogP contribution < -0.4 is 10.6 Å². The highest BCUT2D eigenvalue weighted by Crippen LogP contribution is 2.27. The Morgan fingerprint density at radius 3 is 2.61 bits per heavy atom. The molecule has 0 aromatic carbocycles. The van der Waals surface area contributed by atoms with Gasteiger partial charge in [-0.3, -0.25) is 4.99 Å². The van der Waals surface area contributed by atoms with Crippen LogP contribution in [0.25, 0.3) is 0 Å². The summed E-state index contributed by atoms with van der Waals surface area (Å²) in [5.74, 6) is 2.65. The van der Waals surface area contributed by atoms with Gasteiger partial charge in [-0.25, -0.2) is 0 Å². The summed E-state index contributed by atoms with van der Waals surface area (Å²) in [6, 6.07) is 0. The summed E-state index contributed by atoms with van der Waals surface area (Å²) in [4.78, 5) is 4.70. The van der Waals surface area contributed by atoms with Crippen molar-refractivity contribution in [3.05, 3.63) is 12.2 Å². The van der Waals surface area contributed by atoms with E-state index in [9.17, 15) is 0 Å². The first-order valence-electron chi connectivity index (χ1n) is 7.05. The molecule has 18 heavy (non-hydrogen) atoms. The molecule has 0 radical (unpaired) electrons. The van der Waals surface area contributed by atoms with Gasteiger partial charge in [0.05, 0.1) is 0 Å². The normalized spacial score (nSPS) is 23.4. The summed E-state index contributed by atoms with van der Waals surface area (Å²) < 4.78 is 0. The van der Waals surface area contributed by atoms with Crippen molar-refractivity contribution in [3.63, 3.8) is 0 Å². The van der Waals surface area contributed by atoms with Crippen molar-refractivity contribution in [1.29, 1.82) is 0 Å². The molecule has 2 aliphatic carbocycles. The average Bonchev–Trinajstić information content (AvgIpc) is 3.18. The average molecular weight is 363 g/mol. The molecular weight excluding hydrogens is 337 g/mol. The molecule has 2 rings (SSSR count). The second-order valence-electron chi connectivity index (χ2n) is 5.19. The molecule has 0 spiro atoms. The molecule has 104 valence electrons. The predicted octanol–water partition coefficient (Wildman–Crippen LogP) is 2.93. The van der Waals surface area contributed by atoms with E-state index < -0.39 is 0 Å². The Kier molecular flexibility index (Phi) is 7.70. The van der Waals surface area contributed by atoms with Gasteiger partial charge in [0.25, 0.3) is 0 Å². The largest absolute Gasteiger partial charge is 0.357 e. The van der Waals surface area contributed by atoms with E-state index in [1.165, 1.54) is 32.1 Å². The van der Waals surface area contributed by atoms with E-state index in [1.54, 1.807) is 0 Å². The van der Waals surface area contributed by atoms with Crippen molar-refractivity contribution in [2.75, 3.05) is 19.6 Å². The van der Waals surface area contributed by atoms with Crippen molar-refractivity contribution in [3.8, 4) is 0 Å². The van der Waals surface area contributed by atoms with Gasteiger partial charge in [0.15, 0.2) is 5.96 Å². The second-order valence-corrected chi connectivity index (χ2v) is 5.19. The molecule has 0 aromatic rings. The number of aliphatic imine (C=N–C) groups is 1. The van der Waals surface area contributed by atoms with Gasteiger partial charge in [-0.1, -0.05) is 12.2 Å². The minimum atomic E-state index is 0. The van der Waals surface area contributed by atoms with Crippen molar-refractivity contribution in [1.82, 2.24) is 10.6 Å². The van der Waals surface area contributed by atoms with Crippen LogP contribution in [-0.2, 0) is 0 Å². The molecule has 4 heteroatoms. The van der Waals surface area contributed by atoms with Gasteiger partial charge in [0.1, 0.15) is 0 Å². The quantitative estimate of drug-likeness (QED) is 0.341. The zero-order valence-corrected chi connectivity index (χ0v) is 13.7. The molecule has 1 unspecified atom stereocenters. The number of guanidine groups is 1. The number of allylic oxidation sites excluding steroid dienone is 2. The van der Waals surface area contributed by atoms with Gasteiger partial charge >= 0.3 is 0 Å². The summed E-state index contributed by atoms with van der Waals surface area (Å²) in [5.41, 5.74) is 0. The standard InChI is InChI=1S/C14H25N3.HI/c1-2-15-14(17-11-13-8-9-13)16-10-12-6-4-3-5-7-12;/h3-4,12-13H,2,5-11H2,1H3,(H2,15,16,17);1H. The monoisotopic (exact) mass is 363 g/mol. The highest BCUT2D eigenvalue weighted by Gasteiger charge is 2.21. The minimum absolute atomic E-state index is 0. The van der Waals surface area contributed by atoms with Gasteiger partial charge in [-0.15, -0.1) is 24.0 Å². The number of nitrogens with one attached hydrogen (secondary N) is 2. The Balaban J connectivity index is 0.00000162. The Labute approximate surface area is 128 Å². The van der Waals surface area contributed by atoms with Crippen molar-refractivity contribution >= 4 is 29.9 Å². The molecule has 0 saturated heterocycles. The molecule has 0 heterocycles. The lowest BCUT2D eigenvalue weighted by Crippen LogP contribution is -2.38. The molecule has 0 aliphatic heterocycles. The molecule has 0 aromatic heterocycles. The second kappa shape index (κ2) is 8.77. The Hall–Kier alpha value is -0.260. The van der Waals surface area contributed by atoms with Crippen LogP contribution in [0.15, 0.2) is 17.1 Å². The first kappa shape index (κ1) is 15.8. The maximum Gasteiger partial charge on any atom is 0.191 e. The fourth-order valence-electron chi connectivity index (χ4n) is 2.15. The fraction of sp³-hybridized carbons (Fsp3) is 0.786. The summed E-state index contributed by atoms with van der Waals surface area (Å²) in [5, 5.41) is 6.77. The van der Waals surface area contributed by atoms with Crippen molar-refractivity contribution in [2.45, 2.75) is 39.0 Å². The molecule has 3 nitrogen and oxygen atoms in total. The molecule has 1 atom stereocenters. The summed E-state index contributed by atoms with van der Waals surface area (Å²) >= 11 is 0. The molecule has 0 amide bonds. The molecule has 2 N–H and O–H groups in total. The topological polar surface area (TPSA) is 36.4 Å². The molecule has 1 fully saturated rings. The Morgan fingerprint density at radius 2 is 2.00 bits per heavy atom. The van der Waals surface area contributed by atoms with E-state index in [2.05, 4.69) is 29.7 Å². The zero-order valence-electron chi connectivity index (χ0n) is 11.3. The summed E-state index contributed by atoms with van der Waals surface area (Å²) in [6.45, 7) is 5.12. The SMILES string of the molecule is CCNC(=NCC1CC=CCC1)NCC1CC1.I. The van der Waals surface area contributed by atoms with Gasteiger partial charge < -0.3 is 10.6 Å². The lowest BCUT2D eigenvalue weighted by molar-refractivity contribution is 0.490.